The predicted octanol–water partition coefficient (Wildman–Crippen LogP) is 5.45. The molecule has 2 rings (SSSR count). The average molecular weight is 377 g/mol. The summed E-state index contributed by atoms with van der Waals surface area (Å²) in [6.45, 7) is 0.0288. The number of hydrogen-bond donors (Lipinski definition) is 2. The van der Waals surface area contributed by atoms with E-state index in [-0.39, 0.29) is 34.4 Å². The lowest BCUT2D eigenvalue weighted by Gasteiger charge is -2.14. The maximum atomic E-state index is 12.9. The summed E-state index contributed by atoms with van der Waals surface area (Å²) in [7, 11) is 0. The molecular formula is C16H13Cl2F3N2O. The van der Waals surface area contributed by atoms with Gasteiger partial charge in [-0.25, -0.2) is 0 Å². The summed E-state index contributed by atoms with van der Waals surface area (Å²) in [4.78, 5) is 11.9. The summed E-state index contributed by atoms with van der Waals surface area (Å²) >= 11 is 11.9. The summed E-state index contributed by atoms with van der Waals surface area (Å²) in [5.74, 6) is -0.415. The molecule has 0 aliphatic rings. The number of nitrogens with one attached hydrogen (secondary N) is 2. The molecule has 24 heavy (non-hydrogen) atoms. The van der Waals surface area contributed by atoms with Crippen LogP contribution in [-0.2, 0) is 11.0 Å². The van der Waals surface area contributed by atoms with Crippen molar-refractivity contribution in [2.45, 2.75) is 12.6 Å². The number of hydrogen-bond acceptors (Lipinski definition) is 2. The Morgan fingerprint density at radius 1 is 1.00 bits per heavy atom. The maximum absolute atomic E-state index is 12.9. The van der Waals surface area contributed by atoms with Crippen molar-refractivity contribution in [1.29, 1.82) is 0 Å². The van der Waals surface area contributed by atoms with Gasteiger partial charge in [0.05, 0.1) is 21.3 Å². The number of para-hydroxylation sites is 2. The fraction of sp³-hybridized carbons (Fsp3) is 0.188. The predicted molar refractivity (Wildman–Crippen MR) is 89.6 cm³/mol. The highest BCUT2D eigenvalue weighted by atomic mass is 35.5. The first-order valence-corrected chi connectivity index (χ1v) is 7.68. The molecule has 0 unspecified atom stereocenters. The van der Waals surface area contributed by atoms with Crippen LogP contribution in [-0.4, -0.2) is 12.5 Å². The Balaban J connectivity index is 1.95. The monoisotopic (exact) mass is 376 g/mol. The Bertz CT molecular complexity index is 715. The second-order valence-corrected chi connectivity index (χ2v) is 5.68. The van der Waals surface area contributed by atoms with Crippen LogP contribution < -0.4 is 10.6 Å². The molecule has 0 bridgehead atoms. The SMILES string of the molecule is O=C(CCNc1ccccc1C(F)(F)F)Nc1c(Cl)cccc1Cl. The van der Waals surface area contributed by atoms with Crippen LogP contribution >= 0.6 is 23.2 Å². The minimum absolute atomic E-state index is 0.0288. The molecule has 0 aromatic heterocycles. The third kappa shape index (κ3) is 4.79. The molecule has 0 spiro atoms. The molecule has 0 aliphatic carbocycles. The lowest BCUT2D eigenvalue weighted by molar-refractivity contribution is -0.137. The van der Waals surface area contributed by atoms with E-state index in [0.29, 0.717) is 0 Å². The van der Waals surface area contributed by atoms with E-state index >= 15 is 0 Å². The zero-order chi connectivity index (χ0) is 17.7. The molecule has 0 saturated heterocycles. The van der Waals surface area contributed by atoms with Gasteiger partial charge in [-0.1, -0.05) is 41.4 Å². The number of rotatable bonds is 5. The number of halogens is 5. The van der Waals surface area contributed by atoms with Crippen LogP contribution in [0.5, 0.6) is 0 Å². The van der Waals surface area contributed by atoms with Gasteiger partial charge in [-0.15, -0.1) is 0 Å². The smallest absolute Gasteiger partial charge is 0.384 e. The van der Waals surface area contributed by atoms with Crippen molar-refractivity contribution >= 4 is 40.5 Å². The van der Waals surface area contributed by atoms with E-state index in [4.69, 9.17) is 23.2 Å². The van der Waals surface area contributed by atoms with E-state index in [9.17, 15) is 18.0 Å². The second kappa shape index (κ2) is 7.77. The molecule has 0 atom stereocenters. The van der Waals surface area contributed by atoms with Crippen LogP contribution in [0, 0.1) is 0 Å². The maximum Gasteiger partial charge on any atom is 0.418 e. The van der Waals surface area contributed by atoms with Crippen LogP contribution in [0.4, 0.5) is 24.5 Å². The van der Waals surface area contributed by atoms with Crippen molar-refractivity contribution < 1.29 is 18.0 Å². The van der Waals surface area contributed by atoms with E-state index in [1.54, 1.807) is 18.2 Å². The topological polar surface area (TPSA) is 41.1 Å². The number of anilines is 2. The molecule has 0 heterocycles. The summed E-state index contributed by atoms with van der Waals surface area (Å²) < 4.78 is 38.6. The van der Waals surface area contributed by atoms with Crippen LogP contribution in [0.15, 0.2) is 42.5 Å². The Hall–Kier alpha value is -1.92. The molecule has 0 aliphatic heterocycles. The van der Waals surface area contributed by atoms with Gasteiger partial charge in [0.1, 0.15) is 0 Å². The minimum Gasteiger partial charge on any atom is -0.384 e. The van der Waals surface area contributed by atoms with E-state index < -0.39 is 17.6 Å². The van der Waals surface area contributed by atoms with E-state index in [0.717, 1.165) is 6.07 Å². The standard InChI is InChI=1S/C16H13Cl2F3N2O/c17-11-5-3-6-12(18)15(11)23-14(24)8-9-22-13-7-2-1-4-10(13)16(19,20)21/h1-7,22H,8-9H2,(H,23,24). The third-order valence-electron chi connectivity index (χ3n) is 3.13. The zero-order valence-corrected chi connectivity index (χ0v) is 13.8. The van der Waals surface area contributed by atoms with Crippen LogP contribution in [0.1, 0.15) is 12.0 Å². The molecule has 0 saturated carbocycles. The van der Waals surface area contributed by atoms with Crippen molar-refractivity contribution in [3.8, 4) is 0 Å². The molecular weight excluding hydrogens is 364 g/mol. The van der Waals surface area contributed by atoms with Crippen LogP contribution in [0.3, 0.4) is 0 Å². The Morgan fingerprint density at radius 3 is 2.25 bits per heavy atom. The number of carbonyl (C=O) groups excluding carboxylic acids is 1. The average Bonchev–Trinajstić information content (AvgIpc) is 2.50. The largest absolute Gasteiger partial charge is 0.418 e. The molecule has 0 fully saturated rings. The van der Waals surface area contributed by atoms with Gasteiger partial charge < -0.3 is 10.6 Å². The van der Waals surface area contributed by atoms with Gasteiger partial charge in [-0.3, -0.25) is 4.79 Å². The van der Waals surface area contributed by atoms with Crippen molar-refractivity contribution in [3.63, 3.8) is 0 Å². The molecule has 2 aromatic rings. The second-order valence-electron chi connectivity index (χ2n) is 4.86. The number of amides is 1. The van der Waals surface area contributed by atoms with E-state index in [2.05, 4.69) is 10.6 Å². The quantitative estimate of drug-likeness (QED) is 0.727. The van der Waals surface area contributed by atoms with Gasteiger partial charge in [-0.2, -0.15) is 13.2 Å². The van der Waals surface area contributed by atoms with Gasteiger partial charge in [0.2, 0.25) is 5.91 Å². The minimum atomic E-state index is -4.46. The first-order valence-electron chi connectivity index (χ1n) is 6.93. The summed E-state index contributed by atoms with van der Waals surface area (Å²) in [5, 5.41) is 5.73. The molecule has 3 nitrogen and oxygen atoms in total. The first kappa shape index (κ1) is 18.4. The van der Waals surface area contributed by atoms with Crippen molar-refractivity contribution in [3.05, 3.63) is 58.1 Å². The van der Waals surface area contributed by atoms with Crippen molar-refractivity contribution in [1.82, 2.24) is 0 Å². The van der Waals surface area contributed by atoms with Crippen LogP contribution in [0.2, 0.25) is 10.0 Å². The zero-order valence-electron chi connectivity index (χ0n) is 12.3. The molecule has 1 amide bonds. The summed E-state index contributed by atoms with van der Waals surface area (Å²) in [6, 6.07) is 9.86. The number of benzene rings is 2. The lowest BCUT2D eigenvalue weighted by atomic mass is 10.1. The fourth-order valence-corrected chi connectivity index (χ4v) is 2.51. The van der Waals surface area contributed by atoms with Crippen LogP contribution in [0.25, 0.3) is 0 Å². The Morgan fingerprint density at radius 2 is 1.62 bits per heavy atom. The molecule has 2 aromatic carbocycles. The van der Waals surface area contributed by atoms with Crippen molar-refractivity contribution in [2.75, 3.05) is 17.2 Å². The van der Waals surface area contributed by atoms with Gasteiger partial charge in [0.25, 0.3) is 0 Å². The molecule has 128 valence electrons. The summed E-state index contributed by atoms with van der Waals surface area (Å²) in [6.07, 6.45) is -4.51. The number of alkyl halides is 3. The van der Waals surface area contributed by atoms with Gasteiger partial charge in [-0.05, 0) is 24.3 Å². The van der Waals surface area contributed by atoms with Gasteiger partial charge >= 0.3 is 6.18 Å². The fourth-order valence-electron chi connectivity index (χ4n) is 2.01. The Kier molecular flexibility index (Phi) is 5.96. The van der Waals surface area contributed by atoms with E-state index in [1.807, 2.05) is 0 Å². The van der Waals surface area contributed by atoms with Gasteiger partial charge in [0, 0.05) is 18.7 Å². The highest BCUT2D eigenvalue weighted by Gasteiger charge is 2.33. The Labute approximate surface area is 146 Å². The van der Waals surface area contributed by atoms with Crippen molar-refractivity contribution in [2.24, 2.45) is 0 Å². The molecule has 0 radical (unpaired) electrons. The highest BCUT2D eigenvalue weighted by Crippen LogP contribution is 2.34. The number of carbonyl (C=O) groups is 1. The van der Waals surface area contributed by atoms with E-state index in [1.165, 1.54) is 18.2 Å². The highest BCUT2D eigenvalue weighted by molar-refractivity contribution is 6.39. The normalized spacial score (nSPS) is 11.2. The third-order valence-corrected chi connectivity index (χ3v) is 3.76. The molecule has 2 N–H and O–H groups in total. The summed E-state index contributed by atoms with van der Waals surface area (Å²) in [5.41, 5.74) is -0.574. The van der Waals surface area contributed by atoms with Gasteiger partial charge in [0.15, 0.2) is 0 Å². The lowest BCUT2D eigenvalue weighted by Crippen LogP contribution is -2.18. The first-order chi connectivity index (χ1) is 11.3. The molecule has 8 heteroatoms.